The third-order valence-corrected chi connectivity index (χ3v) is 15.0. The van der Waals surface area contributed by atoms with E-state index in [0.29, 0.717) is 53.2 Å². The number of nitrogens with one attached hydrogen (secondary N) is 3. The zero-order valence-corrected chi connectivity index (χ0v) is 35.8. The number of halogens is 3. The predicted molar refractivity (Wildman–Crippen MR) is 235 cm³/mol. The Labute approximate surface area is 368 Å². The van der Waals surface area contributed by atoms with Crippen molar-refractivity contribution in [3.63, 3.8) is 0 Å². The highest BCUT2D eigenvalue weighted by atomic mass is 32.2. The quantitative estimate of drug-likeness (QED) is 0.135. The summed E-state index contributed by atoms with van der Waals surface area (Å²) < 4.78 is 73.2. The molecule has 10 rings (SSSR count). The zero-order chi connectivity index (χ0) is 44.4. The minimum atomic E-state index is -4.35. The molecular weight excluding hydrogens is 846 g/mol. The lowest BCUT2D eigenvalue weighted by atomic mass is 9.92. The van der Waals surface area contributed by atoms with Gasteiger partial charge in [0.2, 0.25) is 11.7 Å². The number of benzene rings is 3. The molecule has 1 unspecified atom stereocenters. The van der Waals surface area contributed by atoms with Gasteiger partial charge in [-0.25, -0.2) is 18.2 Å². The van der Waals surface area contributed by atoms with Gasteiger partial charge in [-0.1, -0.05) is 24.8 Å². The molecule has 0 radical (unpaired) electrons. The van der Waals surface area contributed by atoms with Crippen LogP contribution in [0.1, 0.15) is 75.1 Å². The molecule has 0 saturated carbocycles. The van der Waals surface area contributed by atoms with Crippen molar-refractivity contribution in [1.82, 2.24) is 29.4 Å². The first kappa shape index (κ1) is 41.9. The number of hydrogen-bond acceptors (Lipinski definition) is 8. The molecular formula is C47H47F3N8O5S. The number of aromatic amines is 1. The molecule has 3 fully saturated rings. The number of hydrogen-bond donors (Lipinski definition) is 3. The van der Waals surface area contributed by atoms with Crippen LogP contribution in [0.4, 0.5) is 24.5 Å². The zero-order valence-electron chi connectivity index (χ0n) is 35.0. The molecule has 2 aromatic heterocycles. The molecule has 5 aliphatic rings. The summed E-state index contributed by atoms with van der Waals surface area (Å²) in [4.78, 5) is 53.7. The fraction of sp³-hybridized carbons (Fsp3) is 0.362. The van der Waals surface area contributed by atoms with E-state index in [1.54, 1.807) is 17.2 Å². The number of H-pyrrole nitrogens is 1. The summed E-state index contributed by atoms with van der Waals surface area (Å²) in [7, 11) is -4.35. The van der Waals surface area contributed by atoms with E-state index in [9.17, 15) is 27.2 Å². The van der Waals surface area contributed by atoms with Crippen LogP contribution in [-0.4, -0.2) is 102 Å². The molecule has 17 heteroatoms. The van der Waals surface area contributed by atoms with E-state index in [0.717, 1.165) is 85.2 Å². The Hall–Kier alpha value is -6.04. The average molecular weight is 893 g/mol. The van der Waals surface area contributed by atoms with E-state index < -0.39 is 51.1 Å². The summed E-state index contributed by atoms with van der Waals surface area (Å²) in [5.41, 5.74) is 6.27. The number of pyridine rings is 1. The molecule has 3 N–H and O–H groups in total. The molecule has 0 bridgehead atoms. The van der Waals surface area contributed by atoms with Crippen LogP contribution >= 0.6 is 0 Å². The average Bonchev–Trinajstić information content (AvgIpc) is 4.01. The van der Waals surface area contributed by atoms with Crippen LogP contribution in [0.15, 0.2) is 79.3 Å². The topological polar surface area (TPSA) is 151 Å². The molecule has 0 aliphatic carbocycles. The molecule has 5 aromatic rings. The lowest BCUT2D eigenvalue weighted by molar-refractivity contribution is -0.126. The summed E-state index contributed by atoms with van der Waals surface area (Å²) in [5, 5.41) is 3.15. The van der Waals surface area contributed by atoms with Crippen molar-refractivity contribution in [2.45, 2.75) is 63.8 Å². The Morgan fingerprint density at radius 3 is 2.50 bits per heavy atom. The number of fused-ring (bicyclic) bond motifs is 3. The van der Waals surface area contributed by atoms with Gasteiger partial charge in [0, 0.05) is 98.2 Å². The fourth-order valence-corrected chi connectivity index (χ4v) is 11.2. The maximum absolute atomic E-state index is 15.8. The maximum Gasteiger partial charge on any atom is 0.301 e. The third-order valence-electron chi connectivity index (χ3n) is 13.5. The SMILES string of the molecule is C=C1CCC(N2Cc3cc(N4CCC(CN5CCc6cc(-c7cnc8[nH]cc(C(=O)c9c(F)ccc(NS(=O)(=O)N%10CC[C@@H](F)C%10)c9F)c8c7)ccc6C5)CC4)ccc3C2=O)C(=O)N1. The molecule has 2 atom stereocenters. The van der Waals surface area contributed by atoms with Crippen LogP contribution in [0.2, 0.25) is 0 Å². The standard InChI is InChI=1S/C47H47F3N8O5S/c1-27-2-9-41(46(60)53-27)58-25-33-19-35(5-6-36(33)47(58)61)56-15-10-28(11-16-56)23-55-14-12-30-18-29(3-4-31(30)24-55)32-20-37-38(22-52-45(37)51-21-32)44(59)42-39(49)7-8-40(43(42)50)54-64(62,63)57-17-13-34(48)26-57/h3-8,18-22,28,34,41,54H,1-2,9-17,23-26H2,(H,51,52)(H,53,60)/t34-,41?/m1/s1. The third kappa shape index (κ3) is 7.83. The number of carbonyl (C=O) groups is 3. The fourth-order valence-electron chi connectivity index (χ4n) is 9.96. The summed E-state index contributed by atoms with van der Waals surface area (Å²) >= 11 is 0. The molecule has 13 nitrogen and oxygen atoms in total. The lowest BCUT2D eigenvalue weighted by Gasteiger charge is -2.37. The summed E-state index contributed by atoms with van der Waals surface area (Å²) in [6.45, 7) is 8.40. The van der Waals surface area contributed by atoms with E-state index in [1.165, 1.54) is 17.3 Å². The number of piperidine rings is 2. The van der Waals surface area contributed by atoms with Crippen molar-refractivity contribution < 1.29 is 36.0 Å². The van der Waals surface area contributed by atoms with Gasteiger partial charge >= 0.3 is 10.2 Å². The minimum Gasteiger partial charge on any atom is -0.372 e. The largest absolute Gasteiger partial charge is 0.372 e. The highest BCUT2D eigenvalue weighted by Gasteiger charge is 2.39. The smallest absolute Gasteiger partial charge is 0.301 e. The Kier molecular flexibility index (Phi) is 10.8. The van der Waals surface area contributed by atoms with Gasteiger partial charge in [0.1, 0.15) is 23.7 Å². The number of aromatic nitrogens is 2. The summed E-state index contributed by atoms with van der Waals surface area (Å²) in [6, 6.07) is 15.3. The first-order chi connectivity index (χ1) is 30.8. The van der Waals surface area contributed by atoms with Gasteiger partial charge in [0.25, 0.3) is 5.91 Å². The Balaban J connectivity index is 0.773. The molecule has 2 amide bonds. The van der Waals surface area contributed by atoms with Gasteiger partial charge in [-0.3, -0.25) is 24.0 Å². The maximum atomic E-state index is 15.8. The lowest BCUT2D eigenvalue weighted by Crippen LogP contribution is -2.49. The van der Waals surface area contributed by atoms with Gasteiger partial charge in [-0.15, -0.1) is 0 Å². The van der Waals surface area contributed by atoms with Crippen molar-refractivity contribution in [2.75, 3.05) is 48.9 Å². The molecule has 3 aromatic carbocycles. The van der Waals surface area contributed by atoms with Gasteiger partial charge < -0.3 is 20.1 Å². The van der Waals surface area contributed by atoms with E-state index >= 15 is 8.78 Å². The van der Waals surface area contributed by atoms with Crippen molar-refractivity contribution in [3.05, 3.63) is 124 Å². The number of ketones is 1. The van der Waals surface area contributed by atoms with Crippen LogP contribution in [0.5, 0.6) is 0 Å². The van der Waals surface area contributed by atoms with Gasteiger partial charge in [0.05, 0.1) is 11.3 Å². The second-order valence-electron chi connectivity index (χ2n) is 17.6. The number of rotatable bonds is 10. The highest BCUT2D eigenvalue weighted by Crippen LogP contribution is 2.35. The highest BCUT2D eigenvalue weighted by molar-refractivity contribution is 7.90. The normalized spacial score (nSPS) is 21.1. The van der Waals surface area contributed by atoms with Crippen LogP contribution in [-0.2, 0) is 34.5 Å². The van der Waals surface area contributed by atoms with Gasteiger partial charge in [-0.2, -0.15) is 12.7 Å². The number of alkyl halides is 1. The second kappa shape index (κ2) is 16.5. The second-order valence-corrected chi connectivity index (χ2v) is 19.3. The van der Waals surface area contributed by atoms with Crippen molar-refractivity contribution in [1.29, 1.82) is 0 Å². The monoisotopic (exact) mass is 892 g/mol. The number of anilines is 2. The number of carbonyl (C=O) groups excluding carboxylic acids is 3. The van der Waals surface area contributed by atoms with Crippen LogP contribution < -0.4 is 14.9 Å². The van der Waals surface area contributed by atoms with E-state index in [4.69, 9.17) is 0 Å². The van der Waals surface area contributed by atoms with Gasteiger partial charge in [-0.05, 0) is 103 Å². The van der Waals surface area contributed by atoms with Crippen molar-refractivity contribution in [3.8, 4) is 11.1 Å². The summed E-state index contributed by atoms with van der Waals surface area (Å²) in [5.74, 6) is -3.23. The van der Waals surface area contributed by atoms with E-state index in [-0.39, 0.29) is 36.9 Å². The molecule has 64 heavy (non-hydrogen) atoms. The number of allylic oxidation sites excluding steroid dienone is 1. The van der Waals surface area contributed by atoms with Gasteiger partial charge in [0.15, 0.2) is 5.82 Å². The molecule has 3 saturated heterocycles. The first-order valence-corrected chi connectivity index (χ1v) is 23.2. The summed E-state index contributed by atoms with van der Waals surface area (Å²) in [6.07, 6.45) is 5.89. The Bertz CT molecular complexity index is 2860. The van der Waals surface area contributed by atoms with Crippen LogP contribution in [0, 0.1) is 17.6 Å². The molecule has 0 spiro atoms. The Morgan fingerprint density at radius 2 is 1.72 bits per heavy atom. The molecule has 5 aliphatic heterocycles. The minimum absolute atomic E-state index is 0.00694. The number of amides is 2. The first-order valence-electron chi connectivity index (χ1n) is 21.7. The predicted octanol–water partition coefficient (Wildman–Crippen LogP) is 6.46. The molecule has 332 valence electrons. The number of nitrogens with zero attached hydrogens (tertiary/aromatic N) is 5. The van der Waals surface area contributed by atoms with E-state index in [2.05, 4.69) is 54.6 Å². The van der Waals surface area contributed by atoms with Crippen molar-refractivity contribution in [2.24, 2.45) is 5.92 Å². The van der Waals surface area contributed by atoms with E-state index in [1.807, 2.05) is 18.2 Å². The Morgan fingerprint density at radius 1 is 0.891 bits per heavy atom. The molecule has 7 heterocycles. The van der Waals surface area contributed by atoms with Crippen LogP contribution in [0.25, 0.3) is 22.2 Å². The van der Waals surface area contributed by atoms with Crippen molar-refractivity contribution >= 4 is 50.2 Å². The van der Waals surface area contributed by atoms with Crippen LogP contribution in [0.3, 0.4) is 0 Å².